The lowest BCUT2D eigenvalue weighted by Gasteiger charge is -2.19. The molecule has 344 valence electrons. The minimum atomic E-state index is -4.39. The van der Waals surface area contributed by atoms with Gasteiger partial charge in [0.05, 0.1) is 13.2 Å². The van der Waals surface area contributed by atoms with Crippen LogP contribution in [-0.4, -0.2) is 49.3 Å². The zero-order valence-electron chi connectivity index (χ0n) is 38.0. The van der Waals surface area contributed by atoms with Gasteiger partial charge in [-0.3, -0.25) is 18.6 Å². The Morgan fingerprint density at radius 3 is 1.39 bits per heavy atom. The van der Waals surface area contributed by atoms with E-state index in [0.717, 1.165) is 64.2 Å². The van der Waals surface area contributed by atoms with Crippen molar-refractivity contribution < 1.29 is 37.6 Å². The Morgan fingerprint density at radius 2 is 0.932 bits per heavy atom. The number of carbonyl (C=O) groups excluding carboxylic acids is 2. The fourth-order valence-corrected chi connectivity index (χ4v) is 7.45. The number of allylic oxidation sites excluding steroid dienone is 8. The van der Waals surface area contributed by atoms with E-state index in [1.807, 2.05) is 0 Å². The molecule has 0 aromatic heterocycles. The highest BCUT2D eigenvalue weighted by molar-refractivity contribution is 7.47. The summed E-state index contributed by atoms with van der Waals surface area (Å²) in [6.45, 7) is 3.62. The van der Waals surface area contributed by atoms with Gasteiger partial charge in [-0.1, -0.05) is 204 Å². The van der Waals surface area contributed by atoms with Gasteiger partial charge in [0.15, 0.2) is 6.10 Å². The first-order chi connectivity index (χ1) is 28.8. The smallest absolute Gasteiger partial charge is 0.462 e. The monoisotopic (exact) mass is 852 g/mol. The van der Waals surface area contributed by atoms with Gasteiger partial charge in [0.2, 0.25) is 0 Å². The molecule has 2 atom stereocenters. The molecule has 10 heteroatoms. The number of phosphoric ester groups is 1. The third-order valence-electron chi connectivity index (χ3n) is 10.2. The fourth-order valence-electron chi connectivity index (χ4n) is 6.69. The van der Waals surface area contributed by atoms with E-state index in [4.69, 9.17) is 24.3 Å². The van der Waals surface area contributed by atoms with Gasteiger partial charge in [0, 0.05) is 19.4 Å². The molecule has 0 aromatic rings. The lowest BCUT2D eigenvalue weighted by atomic mass is 10.0. The average molecular weight is 852 g/mol. The minimum absolute atomic E-state index is 0.0495. The van der Waals surface area contributed by atoms with Crippen LogP contribution in [0.3, 0.4) is 0 Å². The summed E-state index contributed by atoms with van der Waals surface area (Å²) in [4.78, 5) is 35.0. The van der Waals surface area contributed by atoms with Gasteiger partial charge >= 0.3 is 19.8 Å². The van der Waals surface area contributed by atoms with Crippen LogP contribution in [-0.2, 0) is 32.7 Å². The van der Waals surface area contributed by atoms with E-state index in [2.05, 4.69) is 62.5 Å². The highest BCUT2D eigenvalue weighted by atomic mass is 31.2. The molecule has 0 radical (unpaired) electrons. The van der Waals surface area contributed by atoms with E-state index in [0.29, 0.717) is 12.8 Å². The molecule has 0 heterocycles. The number of carbonyl (C=O) groups is 2. The molecule has 0 saturated carbocycles. The molecule has 0 fully saturated rings. The van der Waals surface area contributed by atoms with E-state index in [9.17, 15) is 19.0 Å². The molecule has 0 saturated heterocycles. The summed E-state index contributed by atoms with van der Waals surface area (Å²) < 4.78 is 32.9. The molecular formula is C49H90NO8P. The highest BCUT2D eigenvalue weighted by Gasteiger charge is 2.26. The van der Waals surface area contributed by atoms with Crippen molar-refractivity contribution in [3.63, 3.8) is 0 Å². The van der Waals surface area contributed by atoms with Crippen LogP contribution in [0.25, 0.3) is 0 Å². The summed E-state index contributed by atoms with van der Waals surface area (Å²) in [7, 11) is -4.39. The van der Waals surface area contributed by atoms with Crippen molar-refractivity contribution >= 4 is 19.8 Å². The lowest BCUT2D eigenvalue weighted by Crippen LogP contribution is -2.29. The highest BCUT2D eigenvalue weighted by Crippen LogP contribution is 2.43. The predicted molar refractivity (Wildman–Crippen MR) is 247 cm³/mol. The van der Waals surface area contributed by atoms with Crippen LogP contribution in [0.1, 0.15) is 219 Å². The quantitative estimate of drug-likeness (QED) is 0.0266. The molecule has 9 nitrogen and oxygen atoms in total. The van der Waals surface area contributed by atoms with Gasteiger partial charge in [-0.2, -0.15) is 0 Å². The maximum Gasteiger partial charge on any atom is 0.472 e. The average Bonchev–Trinajstić information content (AvgIpc) is 3.22. The number of rotatable bonds is 45. The summed E-state index contributed by atoms with van der Waals surface area (Å²) in [5.41, 5.74) is 5.36. The van der Waals surface area contributed by atoms with Crippen LogP contribution in [0.2, 0.25) is 0 Å². The van der Waals surface area contributed by atoms with Crippen molar-refractivity contribution in [3.8, 4) is 0 Å². The number of phosphoric acid groups is 1. The summed E-state index contributed by atoms with van der Waals surface area (Å²) in [5, 5.41) is 0. The van der Waals surface area contributed by atoms with Crippen LogP contribution >= 0.6 is 7.82 Å². The van der Waals surface area contributed by atoms with E-state index in [1.54, 1.807) is 0 Å². The summed E-state index contributed by atoms with van der Waals surface area (Å²) in [6, 6.07) is 0. The maximum atomic E-state index is 12.6. The number of hydrogen-bond donors (Lipinski definition) is 2. The molecular weight excluding hydrogens is 762 g/mol. The maximum absolute atomic E-state index is 12.6. The zero-order chi connectivity index (χ0) is 43.2. The molecule has 0 bridgehead atoms. The van der Waals surface area contributed by atoms with Crippen molar-refractivity contribution in [2.24, 2.45) is 5.73 Å². The molecule has 0 rings (SSSR count). The SMILES string of the molecule is CCC=CCC=CCC=CCC=CCCCCCCC(=O)OC[C@H](COP(=O)(O)OCCN)OC(=O)CCCCCCCCCCCCCCCCCCCCCCC. The van der Waals surface area contributed by atoms with E-state index in [1.165, 1.54) is 116 Å². The van der Waals surface area contributed by atoms with Crippen molar-refractivity contribution in [1.29, 1.82) is 0 Å². The van der Waals surface area contributed by atoms with E-state index >= 15 is 0 Å². The Morgan fingerprint density at radius 1 is 0.525 bits per heavy atom. The van der Waals surface area contributed by atoms with Crippen LogP contribution < -0.4 is 5.73 Å². The molecule has 3 N–H and O–H groups in total. The Kier molecular flexibility index (Phi) is 43.9. The largest absolute Gasteiger partial charge is 0.472 e. The number of ether oxygens (including phenoxy) is 2. The molecule has 59 heavy (non-hydrogen) atoms. The number of unbranched alkanes of at least 4 members (excludes halogenated alkanes) is 24. The Hall–Kier alpha value is -2.03. The Labute approximate surface area is 362 Å². The molecule has 0 amide bonds. The fraction of sp³-hybridized carbons (Fsp3) is 0.796. The minimum Gasteiger partial charge on any atom is -0.462 e. The summed E-state index contributed by atoms with van der Waals surface area (Å²) >= 11 is 0. The molecule has 0 aromatic carbocycles. The predicted octanol–water partition coefficient (Wildman–Crippen LogP) is 14.3. The van der Waals surface area contributed by atoms with Gasteiger partial charge in [-0.25, -0.2) is 4.57 Å². The first-order valence-electron chi connectivity index (χ1n) is 24.1. The van der Waals surface area contributed by atoms with Crippen LogP contribution in [0, 0.1) is 0 Å². The molecule has 0 spiro atoms. The number of nitrogens with two attached hydrogens (primary N) is 1. The van der Waals surface area contributed by atoms with E-state index in [-0.39, 0.29) is 32.6 Å². The van der Waals surface area contributed by atoms with Crippen LogP contribution in [0.5, 0.6) is 0 Å². The van der Waals surface area contributed by atoms with Crippen molar-refractivity contribution in [3.05, 3.63) is 48.6 Å². The number of esters is 2. The Balaban J connectivity index is 4.09. The van der Waals surface area contributed by atoms with Crippen LogP contribution in [0.4, 0.5) is 0 Å². The van der Waals surface area contributed by atoms with Gasteiger partial charge in [-0.05, 0) is 51.4 Å². The third-order valence-corrected chi connectivity index (χ3v) is 11.2. The second-order valence-electron chi connectivity index (χ2n) is 16.0. The second kappa shape index (κ2) is 45.5. The van der Waals surface area contributed by atoms with Crippen molar-refractivity contribution in [2.45, 2.75) is 225 Å². The Bertz CT molecular complexity index is 1110. The lowest BCUT2D eigenvalue weighted by molar-refractivity contribution is -0.161. The normalized spacial score (nSPS) is 13.6. The van der Waals surface area contributed by atoms with Gasteiger partial charge < -0.3 is 20.1 Å². The van der Waals surface area contributed by atoms with Gasteiger partial charge in [0.25, 0.3) is 0 Å². The first kappa shape index (κ1) is 57.0. The van der Waals surface area contributed by atoms with Crippen molar-refractivity contribution in [2.75, 3.05) is 26.4 Å². The third kappa shape index (κ3) is 45.3. The molecule has 0 aliphatic rings. The van der Waals surface area contributed by atoms with Crippen LogP contribution in [0.15, 0.2) is 48.6 Å². The second-order valence-corrected chi connectivity index (χ2v) is 17.4. The topological polar surface area (TPSA) is 134 Å². The van der Waals surface area contributed by atoms with Crippen molar-refractivity contribution in [1.82, 2.24) is 0 Å². The zero-order valence-corrected chi connectivity index (χ0v) is 38.9. The summed E-state index contributed by atoms with van der Waals surface area (Å²) in [6.07, 6.45) is 52.9. The van der Waals surface area contributed by atoms with Gasteiger partial charge in [-0.15, -0.1) is 0 Å². The molecule has 0 aliphatic heterocycles. The molecule has 1 unspecified atom stereocenters. The summed E-state index contributed by atoms with van der Waals surface area (Å²) in [5.74, 6) is -0.850. The number of hydrogen-bond acceptors (Lipinski definition) is 8. The first-order valence-corrected chi connectivity index (χ1v) is 25.6. The van der Waals surface area contributed by atoms with Gasteiger partial charge in [0.1, 0.15) is 6.61 Å². The molecule has 0 aliphatic carbocycles. The van der Waals surface area contributed by atoms with E-state index < -0.39 is 32.5 Å². The standard InChI is InChI=1S/C49H90NO8P/c1-3-5-7-9-11-13-15-17-19-21-22-23-24-26-28-30-32-34-36-38-40-42-49(52)58-47(46-57-59(53,54)56-44-43-50)45-55-48(51)41-39-37-35-33-31-29-27-25-20-18-16-14-12-10-8-6-4-2/h6,8,12,14,18,20,27,29,47H,3-5,7,9-11,13,15-17,19,21-26,28,30-46,50H2,1-2H3,(H,53,54)/t47-/m1/s1.